The predicted octanol–water partition coefficient (Wildman–Crippen LogP) is 1.34. The highest BCUT2D eigenvalue weighted by atomic mass is 35.5. The summed E-state index contributed by atoms with van der Waals surface area (Å²) in [5.74, 6) is -1.58. The second kappa shape index (κ2) is 9.81. The predicted molar refractivity (Wildman–Crippen MR) is 114 cm³/mol. The molecule has 2 atom stereocenters. The topological polar surface area (TPSA) is 152 Å². The number of anilines is 2. The lowest BCUT2D eigenvalue weighted by Gasteiger charge is -2.38. The Kier molecular flexibility index (Phi) is 7.13. The number of aromatic nitrogens is 3. The molecule has 0 spiro atoms. The number of halogens is 1. The van der Waals surface area contributed by atoms with Crippen LogP contribution in [0.4, 0.5) is 16.6 Å². The van der Waals surface area contributed by atoms with Gasteiger partial charge in [0.05, 0.1) is 17.1 Å². The number of pyridine rings is 1. The number of alkyl carbamates (subject to hydrolysis) is 1. The standard InChI is InChI=1S/C19H24ClN7O5/c1-19(2,3)32-18(30)24-13-9-27(17-26-22-10-31-17)7-6-12(13)23-15(28)16(29)25-14-5-4-11(20)8-21-14/h4-5,8,10,12-13H,6-7,9H2,1-3H3,(H,23,28)(H,24,30)(H,21,25,29)/t12-,13+/m0/s1. The molecule has 0 aromatic carbocycles. The van der Waals surface area contributed by atoms with Gasteiger partial charge in [-0.15, -0.1) is 5.10 Å². The summed E-state index contributed by atoms with van der Waals surface area (Å²) in [6.45, 7) is 5.94. The third kappa shape index (κ3) is 6.54. The van der Waals surface area contributed by atoms with Crippen molar-refractivity contribution in [3.05, 3.63) is 29.7 Å². The highest BCUT2D eigenvalue weighted by Gasteiger charge is 2.35. The summed E-state index contributed by atoms with van der Waals surface area (Å²) < 4.78 is 10.6. The van der Waals surface area contributed by atoms with E-state index in [4.69, 9.17) is 20.8 Å². The Bertz CT molecular complexity index is 946. The zero-order chi connectivity index (χ0) is 23.3. The van der Waals surface area contributed by atoms with E-state index < -0.39 is 35.6 Å². The summed E-state index contributed by atoms with van der Waals surface area (Å²) in [6.07, 6.45) is 2.31. The van der Waals surface area contributed by atoms with Gasteiger partial charge in [0.15, 0.2) is 0 Å². The minimum absolute atomic E-state index is 0.184. The largest absolute Gasteiger partial charge is 0.444 e. The molecule has 0 radical (unpaired) electrons. The SMILES string of the molecule is CC(C)(C)OC(=O)N[C@@H]1CN(c2nnco2)CC[C@@H]1NC(=O)C(=O)Nc1ccc(Cl)cn1. The van der Waals surface area contributed by atoms with Gasteiger partial charge in [-0.05, 0) is 39.3 Å². The summed E-state index contributed by atoms with van der Waals surface area (Å²) in [5, 5.41) is 15.8. The summed E-state index contributed by atoms with van der Waals surface area (Å²) in [4.78, 5) is 42.8. The van der Waals surface area contributed by atoms with Crippen molar-refractivity contribution in [1.29, 1.82) is 0 Å². The van der Waals surface area contributed by atoms with Gasteiger partial charge in [0.25, 0.3) is 0 Å². The van der Waals surface area contributed by atoms with Crippen molar-refractivity contribution in [1.82, 2.24) is 25.8 Å². The number of rotatable bonds is 4. The third-order valence-corrected chi connectivity index (χ3v) is 4.65. The molecule has 2 aromatic rings. The third-order valence-electron chi connectivity index (χ3n) is 4.43. The fourth-order valence-corrected chi connectivity index (χ4v) is 3.18. The maximum atomic E-state index is 12.5. The molecule has 0 bridgehead atoms. The van der Waals surface area contributed by atoms with Crippen LogP contribution in [0.5, 0.6) is 0 Å². The van der Waals surface area contributed by atoms with Crippen LogP contribution in [0, 0.1) is 0 Å². The van der Waals surface area contributed by atoms with Crippen molar-refractivity contribution in [2.24, 2.45) is 0 Å². The molecule has 3 amide bonds. The first-order valence-corrected chi connectivity index (χ1v) is 10.2. The fourth-order valence-electron chi connectivity index (χ4n) is 3.07. The maximum Gasteiger partial charge on any atom is 0.408 e. The van der Waals surface area contributed by atoms with E-state index >= 15 is 0 Å². The number of hydrogen-bond donors (Lipinski definition) is 3. The van der Waals surface area contributed by atoms with E-state index in [1.165, 1.54) is 24.7 Å². The fraction of sp³-hybridized carbons (Fsp3) is 0.474. The van der Waals surface area contributed by atoms with Crippen molar-refractivity contribution in [3.8, 4) is 0 Å². The lowest BCUT2D eigenvalue weighted by molar-refractivity contribution is -0.136. The summed E-state index contributed by atoms with van der Waals surface area (Å²) in [6, 6.07) is 2.17. The van der Waals surface area contributed by atoms with E-state index in [1.807, 2.05) is 0 Å². The summed E-state index contributed by atoms with van der Waals surface area (Å²) in [7, 11) is 0. The average Bonchev–Trinajstić information content (AvgIpc) is 3.24. The monoisotopic (exact) mass is 465 g/mol. The molecule has 2 aromatic heterocycles. The minimum Gasteiger partial charge on any atom is -0.444 e. The number of hydrogen-bond acceptors (Lipinski definition) is 9. The molecule has 1 aliphatic heterocycles. The molecule has 3 heterocycles. The zero-order valence-electron chi connectivity index (χ0n) is 17.8. The second-order valence-electron chi connectivity index (χ2n) is 8.10. The molecule has 3 N–H and O–H groups in total. The molecule has 13 heteroatoms. The Morgan fingerprint density at radius 2 is 1.97 bits per heavy atom. The molecule has 1 aliphatic rings. The molecule has 172 valence electrons. The molecule has 12 nitrogen and oxygen atoms in total. The highest BCUT2D eigenvalue weighted by molar-refractivity contribution is 6.39. The normalized spacial score (nSPS) is 18.6. The van der Waals surface area contributed by atoms with Gasteiger partial charge in [-0.2, -0.15) is 0 Å². The van der Waals surface area contributed by atoms with Crippen LogP contribution in [-0.2, 0) is 14.3 Å². The molecule has 32 heavy (non-hydrogen) atoms. The molecular weight excluding hydrogens is 442 g/mol. The van der Waals surface area contributed by atoms with Crippen molar-refractivity contribution >= 4 is 41.3 Å². The van der Waals surface area contributed by atoms with Crippen LogP contribution in [0.2, 0.25) is 5.02 Å². The number of nitrogens with zero attached hydrogens (tertiary/aromatic N) is 4. The Hall–Kier alpha value is -3.41. The Balaban J connectivity index is 1.66. The summed E-state index contributed by atoms with van der Waals surface area (Å²) in [5.41, 5.74) is -0.699. The van der Waals surface area contributed by atoms with Gasteiger partial charge in [-0.1, -0.05) is 16.7 Å². The lowest BCUT2D eigenvalue weighted by atomic mass is 9.99. The first kappa shape index (κ1) is 23.3. The molecule has 0 unspecified atom stereocenters. The first-order valence-electron chi connectivity index (χ1n) is 9.85. The zero-order valence-corrected chi connectivity index (χ0v) is 18.5. The number of carbonyl (C=O) groups excluding carboxylic acids is 3. The lowest BCUT2D eigenvalue weighted by Crippen LogP contribution is -2.62. The smallest absolute Gasteiger partial charge is 0.408 e. The van der Waals surface area contributed by atoms with Crippen LogP contribution in [0.25, 0.3) is 0 Å². The Morgan fingerprint density at radius 1 is 1.19 bits per heavy atom. The van der Waals surface area contributed by atoms with E-state index in [0.29, 0.717) is 18.0 Å². The van der Waals surface area contributed by atoms with Crippen molar-refractivity contribution in [2.75, 3.05) is 23.3 Å². The van der Waals surface area contributed by atoms with Gasteiger partial charge in [0.1, 0.15) is 11.4 Å². The van der Waals surface area contributed by atoms with Crippen LogP contribution in [0.1, 0.15) is 27.2 Å². The van der Waals surface area contributed by atoms with Crippen LogP contribution < -0.4 is 20.9 Å². The van der Waals surface area contributed by atoms with Crippen molar-refractivity contribution in [3.63, 3.8) is 0 Å². The first-order chi connectivity index (χ1) is 15.1. The number of amides is 3. The van der Waals surface area contributed by atoms with Gasteiger partial charge < -0.3 is 30.0 Å². The van der Waals surface area contributed by atoms with E-state index in [1.54, 1.807) is 25.7 Å². The van der Waals surface area contributed by atoms with Gasteiger partial charge in [0.2, 0.25) is 6.39 Å². The van der Waals surface area contributed by atoms with Gasteiger partial charge >= 0.3 is 23.9 Å². The van der Waals surface area contributed by atoms with Crippen LogP contribution in [-0.4, -0.2) is 63.9 Å². The maximum absolute atomic E-state index is 12.5. The Morgan fingerprint density at radius 3 is 2.59 bits per heavy atom. The quantitative estimate of drug-likeness (QED) is 0.568. The molecule has 1 saturated heterocycles. The van der Waals surface area contributed by atoms with Crippen LogP contribution in [0.3, 0.4) is 0 Å². The van der Waals surface area contributed by atoms with Gasteiger partial charge in [0, 0.05) is 19.3 Å². The average molecular weight is 466 g/mol. The second-order valence-corrected chi connectivity index (χ2v) is 8.54. The van der Waals surface area contributed by atoms with E-state index in [-0.39, 0.29) is 18.4 Å². The Labute approximate surface area is 189 Å². The van der Waals surface area contributed by atoms with E-state index in [0.717, 1.165) is 0 Å². The van der Waals surface area contributed by atoms with Crippen molar-refractivity contribution in [2.45, 2.75) is 44.9 Å². The number of ether oxygens (including phenoxy) is 1. The van der Waals surface area contributed by atoms with Gasteiger partial charge in [-0.25, -0.2) is 9.78 Å². The molecular formula is C19H24ClN7O5. The molecule has 0 aliphatic carbocycles. The number of carbonyl (C=O) groups is 3. The highest BCUT2D eigenvalue weighted by Crippen LogP contribution is 2.19. The number of piperidine rings is 1. The molecule has 3 rings (SSSR count). The van der Waals surface area contributed by atoms with E-state index in [2.05, 4.69) is 31.1 Å². The molecule has 1 fully saturated rings. The molecule has 0 saturated carbocycles. The van der Waals surface area contributed by atoms with Crippen LogP contribution >= 0.6 is 11.6 Å². The van der Waals surface area contributed by atoms with Gasteiger partial charge in [-0.3, -0.25) is 9.59 Å². The van der Waals surface area contributed by atoms with Crippen molar-refractivity contribution < 1.29 is 23.5 Å². The number of nitrogens with one attached hydrogen (secondary N) is 3. The van der Waals surface area contributed by atoms with E-state index in [9.17, 15) is 14.4 Å². The summed E-state index contributed by atoms with van der Waals surface area (Å²) >= 11 is 5.77. The van der Waals surface area contributed by atoms with Crippen LogP contribution in [0.15, 0.2) is 29.1 Å². The minimum atomic E-state index is -0.893.